The van der Waals surface area contributed by atoms with Crippen LogP contribution in [0.5, 0.6) is 0 Å². The highest BCUT2D eigenvalue weighted by Gasteiger charge is 2.44. The Morgan fingerprint density at radius 1 is 1.40 bits per heavy atom. The molecule has 0 spiro atoms. The van der Waals surface area contributed by atoms with Gasteiger partial charge in [0.1, 0.15) is 11.3 Å². The number of carbonyl (C=O) groups excluding carboxylic acids is 2. The molecule has 6 nitrogen and oxygen atoms in total. The molecule has 0 bridgehead atoms. The zero-order valence-corrected chi connectivity index (χ0v) is 12.5. The van der Waals surface area contributed by atoms with Crippen molar-refractivity contribution in [1.82, 2.24) is 10.2 Å². The van der Waals surface area contributed by atoms with Crippen LogP contribution in [0.2, 0.25) is 0 Å². The van der Waals surface area contributed by atoms with E-state index in [-0.39, 0.29) is 12.3 Å². The first kappa shape index (κ1) is 14.7. The third kappa shape index (κ3) is 3.43. The highest BCUT2D eigenvalue weighted by atomic mass is 16.6. The number of ether oxygens (including phenoxy) is 2. The Morgan fingerprint density at radius 2 is 2.10 bits per heavy atom. The predicted molar refractivity (Wildman–Crippen MR) is 72.8 cm³/mol. The minimum Gasteiger partial charge on any atom is -0.461 e. The van der Waals surface area contributed by atoms with E-state index in [0.717, 1.165) is 25.1 Å². The maximum absolute atomic E-state index is 12.0. The third-order valence-electron chi connectivity index (χ3n) is 3.17. The molecule has 0 aromatic rings. The van der Waals surface area contributed by atoms with E-state index in [9.17, 15) is 9.59 Å². The molecule has 2 heterocycles. The first-order chi connectivity index (χ1) is 9.31. The lowest BCUT2D eigenvalue weighted by molar-refractivity contribution is -0.139. The van der Waals surface area contributed by atoms with Crippen molar-refractivity contribution in [1.29, 1.82) is 0 Å². The predicted octanol–water partition coefficient (Wildman–Crippen LogP) is 1.76. The van der Waals surface area contributed by atoms with E-state index in [1.807, 2.05) is 0 Å². The van der Waals surface area contributed by atoms with Crippen LogP contribution in [0.3, 0.4) is 0 Å². The summed E-state index contributed by atoms with van der Waals surface area (Å²) in [5, 5.41) is 2.56. The van der Waals surface area contributed by atoms with E-state index in [1.165, 1.54) is 0 Å². The summed E-state index contributed by atoms with van der Waals surface area (Å²) in [5.74, 6) is -0.499. The van der Waals surface area contributed by atoms with Crippen molar-refractivity contribution < 1.29 is 19.1 Å². The number of esters is 1. The first-order valence-corrected chi connectivity index (χ1v) is 6.98. The molecular formula is C14H22N2O4. The lowest BCUT2D eigenvalue weighted by Crippen LogP contribution is -2.36. The lowest BCUT2D eigenvalue weighted by atomic mass is 10.2. The van der Waals surface area contributed by atoms with Crippen molar-refractivity contribution in [3.8, 4) is 0 Å². The molecule has 0 radical (unpaired) electrons. The molecule has 0 aromatic heterocycles. The van der Waals surface area contributed by atoms with E-state index in [1.54, 1.807) is 27.7 Å². The fourth-order valence-electron chi connectivity index (χ4n) is 2.32. The molecule has 6 heteroatoms. The topological polar surface area (TPSA) is 67.6 Å². The molecule has 2 aliphatic rings. The van der Waals surface area contributed by atoms with Crippen LogP contribution in [0.4, 0.5) is 4.79 Å². The number of hydrogen-bond donors (Lipinski definition) is 1. The van der Waals surface area contributed by atoms with Crippen LogP contribution in [0.25, 0.3) is 0 Å². The van der Waals surface area contributed by atoms with Crippen molar-refractivity contribution in [3.63, 3.8) is 0 Å². The van der Waals surface area contributed by atoms with E-state index >= 15 is 0 Å². The molecule has 2 fully saturated rings. The molecule has 1 amide bonds. The van der Waals surface area contributed by atoms with Gasteiger partial charge in [0.25, 0.3) is 0 Å². The minimum absolute atomic E-state index is 0.223. The van der Waals surface area contributed by atoms with Gasteiger partial charge in [-0.1, -0.05) is 0 Å². The summed E-state index contributed by atoms with van der Waals surface area (Å²) in [7, 11) is 0. The van der Waals surface area contributed by atoms with Crippen LogP contribution in [-0.2, 0) is 14.3 Å². The summed E-state index contributed by atoms with van der Waals surface area (Å²) in [6.07, 6.45) is 1.18. The summed E-state index contributed by atoms with van der Waals surface area (Å²) in [5.41, 5.74) is 0.479. The fourth-order valence-corrected chi connectivity index (χ4v) is 2.32. The number of carbonyl (C=O) groups is 2. The molecule has 1 N–H and O–H groups in total. The fraction of sp³-hybridized carbons (Fsp3) is 0.714. The Balaban J connectivity index is 2.12. The van der Waals surface area contributed by atoms with Gasteiger partial charge in [-0.05, 0) is 40.5 Å². The van der Waals surface area contributed by atoms with Gasteiger partial charge in [-0.25, -0.2) is 9.59 Å². The van der Waals surface area contributed by atoms with E-state index < -0.39 is 17.7 Å². The SMILES string of the molecule is CCOC(=O)/C(NC(=O)OC(C)(C)C)=C1/CC[C@H]2CN12. The second-order valence-corrected chi connectivity index (χ2v) is 6.01. The first-order valence-electron chi connectivity index (χ1n) is 6.98. The summed E-state index contributed by atoms with van der Waals surface area (Å²) in [6, 6.07) is 0.523. The second-order valence-electron chi connectivity index (χ2n) is 6.01. The van der Waals surface area contributed by atoms with Crippen LogP contribution in [-0.4, -0.2) is 41.8 Å². The van der Waals surface area contributed by atoms with Crippen LogP contribution in [0.1, 0.15) is 40.5 Å². The Morgan fingerprint density at radius 3 is 2.55 bits per heavy atom. The highest BCUT2D eigenvalue weighted by molar-refractivity contribution is 5.93. The third-order valence-corrected chi connectivity index (χ3v) is 3.17. The second kappa shape index (κ2) is 5.34. The van der Waals surface area contributed by atoms with Crippen molar-refractivity contribution >= 4 is 12.1 Å². The number of allylic oxidation sites excluding steroid dienone is 1. The zero-order chi connectivity index (χ0) is 14.9. The number of piperidine rings is 1. The Hall–Kier alpha value is -1.72. The number of fused-ring (bicyclic) bond motifs is 1. The molecule has 0 saturated carbocycles. The maximum Gasteiger partial charge on any atom is 0.412 e. The maximum atomic E-state index is 12.0. The molecular weight excluding hydrogens is 260 g/mol. The van der Waals surface area contributed by atoms with Crippen LogP contribution >= 0.6 is 0 Å². The standard InChI is InChI=1S/C14H22N2O4/c1-5-19-12(17)11(10-7-6-9-8-16(9)10)15-13(18)20-14(2,3)4/h9H,5-8H2,1-4H3,(H,15,18)/b11-10+/t9-,16?/m0/s1. The lowest BCUT2D eigenvalue weighted by Gasteiger charge is -2.21. The van der Waals surface area contributed by atoms with Gasteiger partial charge in [0.15, 0.2) is 0 Å². The van der Waals surface area contributed by atoms with Gasteiger partial charge in [-0.2, -0.15) is 0 Å². The number of nitrogens with one attached hydrogen (secondary N) is 1. The van der Waals surface area contributed by atoms with Gasteiger partial charge in [0, 0.05) is 18.3 Å². The highest BCUT2D eigenvalue weighted by Crippen LogP contribution is 2.39. The number of amides is 1. The zero-order valence-electron chi connectivity index (χ0n) is 12.5. The molecule has 2 saturated heterocycles. The van der Waals surface area contributed by atoms with E-state index in [2.05, 4.69) is 10.2 Å². The van der Waals surface area contributed by atoms with Crippen LogP contribution in [0.15, 0.2) is 11.4 Å². The molecule has 2 aliphatic heterocycles. The molecule has 20 heavy (non-hydrogen) atoms. The molecule has 0 aromatic carbocycles. The van der Waals surface area contributed by atoms with Gasteiger partial charge in [0.2, 0.25) is 0 Å². The van der Waals surface area contributed by atoms with E-state index in [0.29, 0.717) is 6.04 Å². The van der Waals surface area contributed by atoms with Crippen molar-refractivity contribution in [3.05, 3.63) is 11.4 Å². The molecule has 2 rings (SSSR count). The number of alkyl carbamates (subject to hydrolysis) is 1. The average molecular weight is 282 g/mol. The van der Waals surface area contributed by atoms with Crippen molar-refractivity contribution in [2.24, 2.45) is 0 Å². The Kier molecular flexibility index (Phi) is 3.92. The molecule has 0 aliphatic carbocycles. The Labute approximate surface area is 119 Å². The largest absolute Gasteiger partial charge is 0.461 e. The van der Waals surface area contributed by atoms with Crippen molar-refractivity contribution in [2.45, 2.75) is 52.2 Å². The summed E-state index contributed by atoms with van der Waals surface area (Å²) in [4.78, 5) is 26.0. The quantitative estimate of drug-likeness (QED) is 0.485. The Bertz CT molecular complexity index is 451. The van der Waals surface area contributed by atoms with Gasteiger partial charge >= 0.3 is 12.1 Å². The van der Waals surface area contributed by atoms with Crippen LogP contribution in [0, 0.1) is 0 Å². The summed E-state index contributed by atoms with van der Waals surface area (Å²) >= 11 is 0. The minimum atomic E-state index is -0.627. The number of rotatable bonds is 3. The normalized spacial score (nSPS) is 23.0. The van der Waals surface area contributed by atoms with Crippen molar-refractivity contribution in [2.75, 3.05) is 13.2 Å². The van der Waals surface area contributed by atoms with Gasteiger partial charge in [-0.15, -0.1) is 0 Å². The van der Waals surface area contributed by atoms with Gasteiger partial charge in [-0.3, -0.25) is 5.32 Å². The number of nitrogens with zero attached hydrogens (tertiary/aromatic N) is 1. The molecule has 1 atom stereocenters. The van der Waals surface area contributed by atoms with E-state index in [4.69, 9.17) is 9.47 Å². The van der Waals surface area contributed by atoms with Crippen LogP contribution < -0.4 is 5.32 Å². The summed E-state index contributed by atoms with van der Waals surface area (Å²) in [6.45, 7) is 8.30. The molecule has 0 unspecified atom stereocenters. The number of hydrogen-bond acceptors (Lipinski definition) is 5. The average Bonchev–Trinajstić information content (AvgIpc) is 2.97. The molecule has 112 valence electrons. The summed E-state index contributed by atoms with van der Waals surface area (Å²) < 4.78 is 10.2. The monoisotopic (exact) mass is 282 g/mol. The van der Waals surface area contributed by atoms with Gasteiger partial charge in [0.05, 0.1) is 6.61 Å². The smallest absolute Gasteiger partial charge is 0.412 e. The van der Waals surface area contributed by atoms with Gasteiger partial charge < -0.3 is 14.4 Å².